The lowest BCUT2D eigenvalue weighted by Gasteiger charge is -2.25. The Morgan fingerprint density at radius 3 is 2.21 bits per heavy atom. The van der Waals surface area contributed by atoms with Gasteiger partial charge in [0.05, 0.1) is 0 Å². The Morgan fingerprint density at radius 1 is 1.11 bits per heavy atom. The average Bonchev–Trinajstić information content (AvgIpc) is 3.04. The minimum atomic E-state index is 0.256. The van der Waals surface area contributed by atoms with E-state index in [2.05, 4.69) is 45.0 Å². The summed E-state index contributed by atoms with van der Waals surface area (Å²) in [6.45, 7) is 6.88. The second-order valence-corrected chi connectivity index (χ2v) is 7.37. The minimum absolute atomic E-state index is 0.256. The van der Waals surface area contributed by atoms with Gasteiger partial charge in [0.15, 0.2) is 0 Å². The van der Waals surface area contributed by atoms with Gasteiger partial charge in [0, 0.05) is 6.04 Å². The summed E-state index contributed by atoms with van der Waals surface area (Å²) in [5.41, 5.74) is 9.52. The summed E-state index contributed by atoms with van der Waals surface area (Å²) in [6, 6.07) is 9.36. The topological polar surface area (TPSA) is 26.0 Å². The van der Waals surface area contributed by atoms with Gasteiger partial charge in [0.2, 0.25) is 0 Å². The number of benzene rings is 1. The van der Waals surface area contributed by atoms with E-state index in [0.29, 0.717) is 0 Å². The maximum Gasteiger partial charge on any atom is 0.0323 e. The first-order chi connectivity index (χ1) is 9.01. The molecule has 0 saturated heterocycles. The highest BCUT2D eigenvalue weighted by Crippen LogP contribution is 2.56. The van der Waals surface area contributed by atoms with Crippen LogP contribution >= 0.6 is 0 Å². The Bertz CT molecular complexity index is 435. The summed E-state index contributed by atoms with van der Waals surface area (Å²) in [5.74, 6) is 2.78. The van der Waals surface area contributed by atoms with E-state index in [1.54, 1.807) is 0 Å². The van der Waals surface area contributed by atoms with E-state index in [1.807, 2.05) is 0 Å². The van der Waals surface area contributed by atoms with Crippen LogP contribution in [0.5, 0.6) is 0 Å². The molecule has 2 aliphatic rings. The largest absolute Gasteiger partial charge is 0.324 e. The number of hydrogen-bond donors (Lipinski definition) is 1. The molecule has 0 radical (unpaired) electrons. The molecule has 0 bridgehead atoms. The Balaban J connectivity index is 1.71. The molecule has 19 heavy (non-hydrogen) atoms. The van der Waals surface area contributed by atoms with Gasteiger partial charge in [-0.15, -0.1) is 0 Å². The van der Waals surface area contributed by atoms with Crippen molar-refractivity contribution in [3.63, 3.8) is 0 Å². The lowest BCUT2D eigenvalue weighted by atomic mass is 9.81. The van der Waals surface area contributed by atoms with E-state index >= 15 is 0 Å². The molecular weight excluding hydrogens is 230 g/mol. The zero-order chi connectivity index (χ0) is 13.6. The molecule has 3 rings (SSSR count). The maximum atomic E-state index is 6.47. The first-order valence-electron chi connectivity index (χ1n) is 7.87. The normalized spacial score (nSPS) is 31.1. The predicted molar refractivity (Wildman–Crippen MR) is 81.0 cm³/mol. The molecule has 1 nitrogen and oxygen atoms in total. The fraction of sp³-hybridized carbons (Fsp3) is 0.667. The number of hydrogen-bond acceptors (Lipinski definition) is 1. The standard InChI is InChI=1S/C18H27N/c1-4-18(2,3)16-7-5-12(6-8-16)17(19)15-10-13-9-14(13)11-15/h5-8,13-15,17H,4,9-11,19H2,1-3H3. The second-order valence-electron chi connectivity index (χ2n) is 7.37. The summed E-state index contributed by atoms with van der Waals surface area (Å²) in [6.07, 6.45) is 5.39. The van der Waals surface area contributed by atoms with E-state index in [-0.39, 0.29) is 11.5 Å². The van der Waals surface area contributed by atoms with Crippen molar-refractivity contribution in [3.8, 4) is 0 Å². The van der Waals surface area contributed by atoms with Crippen LogP contribution in [0.15, 0.2) is 24.3 Å². The molecule has 0 aromatic heterocycles. The highest BCUT2D eigenvalue weighted by atomic mass is 14.7. The van der Waals surface area contributed by atoms with Crippen LogP contribution in [0.4, 0.5) is 0 Å². The molecule has 3 atom stereocenters. The zero-order valence-electron chi connectivity index (χ0n) is 12.5. The zero-order valence-corrected chi connectivity index (χ0v) is 12.5. The van der Waals surface area contributed by atoms with E-state index in [1.165, 1.54) is 36.8 Å². The number of nitrogens with two attached hydrogens (primary N) is 1. The quantitative estimate of drug-likeness (QED) is 0.849. The van der Waals surface area contributed by atoms with E-state index in [4.69, 9.17) is 5.73 Å². The molecule has 1 heteroatoms. The molecule has 1 aromatic carbocycles. The molecule has 2 fully saturated rings. The van der Waals surface area contributed by atoms with Crippen molar-refractivity contribution in [1.29, 1.82) is 0 Å². The molecule has 0 spiro atoms. The van der Waals surface area contributed by atoms with E-state index < -0.39 is 0 Å². The number of rotatable bonds is 4. The monoisotopic (exact) mass is 257 g/mol. The lowest BCUT2D eigenvalue weighted by Crippen LogP contribution is -2.21. The van der Waals surface area contributed by atoms with Crippen molar-refractivity contribution in [2.24, 2.45) is 23.5 Å². The van der Waals surface area contributed by atoms with Gasteiger partial charge in [-0.1, -0.05) is 45.0 Å². The molecule has 1 aromatic rings. The van der Waals surface area contributed by atoms with Crippen LogP contribution in [0.1, 0.15) is 63.6 Å². The molecule has 3 unspecified atom stereocenters. The lowest BCUT2D eigenvalue weighted by molar-refractivity contribution is 0.404. The summed E-state index contributed by atoms with van der Waals surface area (Å²) in [5, 5.41) is 0. The summed E-state index contributed by atoms with van der Waals surface area (Å²) in [4.78, 5) is 0. The summed E-state index contributed by atoms with van der Waals surface area (Å²) in [7, 11) is 0. The van der Waals surface area contributed by atoms with Crippen molar-refractivity contribution < 1.29 is 0 Å². The van der Waals surface area contributed by atoms with Gasteiger partial charge in [-0.2, -0.15) is 0 Å². The average molecular weight is 257 g/mol. The highest BCUT2D eigenvalue weighted by Gasteiger charge is 2.47. The van der Waals surface area contributed by atoms with Crippen LogP contribution in [0, 0.1) is 17.8 Å². The molecule has 0 heterocycles. The van der Waals surface area contributed by atoms with Gasteiger partial charge >= 0.3 is 0 Å². The first kappa shape index (κ1) is 13.2. The predicted octanol–water partition coefficient (Wildman–Crippen LogP) is 4.42. The Morgan fingerprint density at radius 2 is 1.68 bits per heavy atom. The molecule has 2 aliphatic carbocycles. The fourth-order valence-electron chi connectivity index (χ4n) is 3.69. The molecular formula is C18H27N. The molecule has 2 saturated carbocycles. The van der Waals surface area contributed by atoms with Crippen LogP contribution in [-0.4, -0.2) is 0 Å². The van der Waals surface area contributed by atoms with Gasteiger partial charge in [0.25, 0.3) is 0 Å². The summed E-state index contributed by atoms with van der Waals surface area (Å²) >= 11 is 0. The Kier molecular flexibility index (Phi) is 3.21. The van der Waals surface area contributed by atoms with Gasteiger partial charge in [-0.05, 0) is 60.0 Å². The van der Waals surface area contributed by atoms with Crippen LogP contribution in [-0.2, 0) is 5.41 Å². The highest BCUT2D eigenvalue weighted by molar-refractivity contribution is 5.30. The van der Waals surface area contributed by atoms with Crippen molar-refractivity contribution >= 4 is 0 Å². The first-order valence-corrected chi connectivity index (χ1v) is 7.87. The molecule has 0 amide bonds. The smallest absolute Gasteiger partial charge is 0.0323 e. The fourth-order valence-corrected chi connectivity index (χ4v) is 3.69. The van der Waals surface area contributed by atoms with Gasteiger partial charge in [0.1, 0.15) is 0 Å². The Hall–Kier alpha value is -0.820. The van der Waals surface area contributed by atoms with Gasteiger partial charge in [-0.25, -0.2) is 0 Å². The van der Waals surface area contributed by atoms with Gasteiger partial charge in [-0.3, -0.25) is 0 Å². The van der Waals surface area contributed by atoms with Crippen molar-refractivity contribution in [2.75, 3.05) is 0 Å². The number of fused-ring (bicyclic) bond motifs is 1. The molecule has 104 valence electrons. The van der Waals surface area contributed by atoms with Crippen molar-refractivity contribution in [3.05, 3.63) is 35.4 Å². The van der Waals surface area contributed by atoms with Gasteiger partial charge < -0.3 is 5.73 Å². The van der Waals surface area contributed by atoms with Crippen LogP contribution < -0.4 is 5.73 Å². The van der Waals surface area contributed by atoms with Crippen molar-refractivity contribution in [1.82, 2.24) is 0 Å². The second kappa shape index (κ2) is 4.63. The van der Waals surface area contributed by atoms with Crippen LogP contribution in [0.2, 0.25) is 0 Å². The third-order valence-corrected chi connectivity index (χ3v) is 5.75. The van der Waals surface area contributed by atoms with Crippen molar-refractivity contribution in [2.45, 2.75) is 57.9 Å². The third-order valence-electron chi connectivity index (χ3n) is 5.75. The summed E-state index contributed by atoms with van der Waals surface area (Å²) < 4.78 is 0. The molecule has 2 N–H and O–H groups in total. The van der Waals surface area contributed by atoms with E-state index in [9.17, 15) is 0 Å². The third kappa shape index (κ3) is 2.45. The molecule has 0 aliphatic heterocycles. The van der Waals surface area contributed by atoms with E-state index in [0.717, 1.165) is 17.8 Å². The minimum Gasteiger partial charge on any atom is -0.324 e. The SMILES string of the molecule is CCC(C)(C)c1ccc(C(N)C2CC3CC3C2)cc1. The van der Waals surface area contributed by atoms with Crippen LogP contribution in [0.3, 0.4) is 0 Å². The Labute approximate surface area is 117 Å². The van der Waals surface area contributed by atoms with Crippen LogP contribution in [0.25, 0.3) is 0 Å². The maximum absolute atomic E-state index is 6.47.